The van der Waals surface area contributed by atoms with Gasteiger partial charge in [0.25, 0.3) is 5.91 Å². The number of fused-ring (bicyclic) bond motifs is 1. The molecule has 23 heavy (non-hydrogen) atoms. The van der Waals surface area contributed by atoms with Gasteiger partial charge >= 0.3 is 0 Å². The summed E-state index contributed by atoms with van der Waals surface area (Å²) >= 11 is 0. The van der Waals surface area contributed by atoms with Crippen LogP contribution in [0.3, 0.4) is 0 Å². The van der Waals surface area contributed by atoms with Crippen molar-refractivity contribution >= 4 is 22.6 Å². The van der Waals surface area contributed by atoms with Gasteiger partial charge in [-0.05, 0) is 35.7 Å². The van der Waals surface area contributed by atoms with E-state index in [1.165, 1.54) is 11.6 Å². The first-order valence-electron chi connectivity index (χ1n) is 7.49. The van der Waals surface area contributed by atoms with E-state index in [1.807, 2.05) is 24.3 Å². The Labute approximate surface area is 133 Å². The van der Waals surface area contributed by atoms with Gasteiger partial charge in [-0.3, -0.25) is 9.59 Å². The molecule has 0 saturated heterocycles. The van der Waals surface area contributed by atoms with Crippen LogP contribution in [0.25, 0.3) is 11.0 Å². The molecule has 1 heterocycles. The van der Waals surface area contributed by atoms with Crippen molar-refractivity contribution < 1.29 is 9.21 Å². The highest BCUT2D eigenvalue weighted by atomic mass is 16.3. The Balaban J connectivity index is 1.87. The molecule has 0 spiro atoms. The number of amides is 1. The Bertz CT molecular complexity index is 908. The summed E-state index contributed by atoms with van der Waals surface area (Å²) in [6.45, 7) is 4.22. The number of rotatable bonds is 3. The lowest BCUT2D eigenvalue weighted by molar-refractivity contribution is 0.0997. The number of hydrogen-bond acceptors (Lipinski definition) is 3. The van der Waals surface area contributed by atoms with Gasteiger partial charge in [-0.15, -0.1) is 0 Å². The average molecular weight is 307 g/mol. The van der Waals surface area contributed by atoms with Crippen LogP contribution in [-0.4, -0.2) is 5.91 Å². The van der Waals surface area contributed by atoms with Crippen LogP contribution < -0.4 is 10.7 Å². The Morgan fingerprint density at radius 2 is 1.74 bits per heavy atom. The molecule has 1 N–H and O–H groups in total. The topological polar surface area (TPSA) is 59.3 Å². The zero-order chi connectivity index (χ0) is 16.4. The van der Waals surface area contributed by atoms with E-state index >= 15 is 0 Å². The fourth-order valence-corrected chi connectivity index (χ4v) is 2.36. The molecule has 0 bridgehead atoms. The number of nitrogens with one attached hydrogen (secondary N) is 1. The number of hydrogen-bond donors (Lipinski definition) is 1. The molecule has 116 valence electrons. The monoisotopic (exact) mass is 307 g/mol. The fourth-order valence-electron chi connectivity index (χ4n) is 2.36. The Hall–Kier alpha value is -2.88. The summed E-state index contributed by atoms with van der Waals surface area (Å²) < 4.78 is 5.53. The second kappa shape index (κ2) is 6.08. The van der Waals surface area contributed by atoms with Crippen LogP contribution in [0.2, 0.25) is 0 Å². The Kier molecular flexibility index (Phi) is 3.98. The highest BCUT2D eigenvalue weighted by Gasteiger charge is 2.12. The van der Waals surface area contributed by atoms with Gasteiger partial charge in [0.1, 0.15) is 5.58 Å². The van der Waals surface area contributed by atoms with Crippen molar-refractivity contribution in [3.8, 4) is 0 Å². The maximum Gasteiger partial charge on any atom is 0.291 e. The lowest BCUT2D eigenvalue weighted by Gasteiger charge is -2.08. The maximum absolute atomic E-state index is 12.3. The normalized spacial score (nSPS) is 10.9. The third-order valence-corrected chi connectivity index (χ3v) is 3.69. The molecule has 4 heteroatoms. The van der Waals surface area contributed by atoms with Crippen molar-refractivity contribution in [2.24, 2.45) is 0 Å². The lowest BCUT2D eigenvalue weighted by atomic mass is 10.0. The Morgan fingerprint density at radius 1 is 1.04 bits per heavy atom. The molecule has 0 fully saturated rings. The van der Waals surface area contributed by atoms with E-state index in [1.54, 1.807) is 24.3 Å². The largest absolute Gasteiger partial charge is 0.451 e. The average Bonchev–Trinajstić information content (AvgIpc) is 2.55. The highest BCUT2D eigenvalue weighted by Crippen LogP contribution is 2.18. The number of anilines is 1. The van der Waals surface area contributed by atoms with Crippen molar-refractivity contribution in [1.82, 2.24) is 0 Å². The fraction of sp³-hybridized carbons (Fsp3) is 0.158. The third-order valence-electron chi connectivity index (χ3n) is 3.69. The molecule has 0 atom stereocenters. The van der Waals surface area contributed by atoms with E-state index in [-0.39, 0.29) is 11.2 Å². The molecule has 3 rings (SSSR count). The molecule has 3 aromatic rings. The minimum atomic E-state index is -0.440. The van der Waals surface area contributed by atoms with E-state index in [9.17, 15) is 9.59 Å². The van der Waals surface area contributed by atoms with Crippen molar-refractivity contribution in [2.45, 2.75) is 19.8 Å². The number of carbonyl (C=O) groups excluding carboxylic acids is 1. The molecule has 0 aliphatic carbocycles. The Morgan fingerprint density at radius 3 is 2.43 bits per heavy atom. The summed E-state index contributed by atoms with van der Waals surface area (Å²) in [6, 6.07) is 15.7. The van der Waals surface area contributed by atoms with Crippen LogP contribution in [0.15, 0.2) is 63.8 Å². The summed E-state index contributed by atoms with van der Waals surface area (Å²) in [4.78, 5) is 24.3. The molecule has 0 aliphatic heterocycles. The smallest absolute Gasteiger partial charge is 0.291 e. The first-order valence-corrected chi connectivity index (χ1v) is 7.49. The van der Waals surface area contributed by atoms with E-state index < -0.39 is 5.91 Å². The van der Waals surface area contributed by atoms with Gasteiger partial charge in [-0.2, -0.15) is 0 Å². The van der Waals surface area contributed by atoms with Crippen LogP contribution in [0, 0.1) is 0 Å². The quantitative estimate of drug-likeness (QED) is 0.790. The van der Waals surface area contributed by atoms with Gasteiger partial charge < -0.3 is 9.73 Å². The summed E-state index contributed by atoms with van der Waals surface area (Å²) in [7, 11) is 0. The van der Waals surface area contributed by atoms with Gasteiger partial charge in [0.15, 0.2) is 11.2 Å². The van der Waals surface area contributed by atoms with Crippen molar-refractivity contribution in [1.29, 1.82) is 0 Å². The summed E-state index contributed by atoms with van der Waals surface area (Å²) in [5.41, 5.74) is 2.03. The predicted octanol–water partition coefficient (Wildman–Crippen LogP) is 4.17. The van der Waals surface area contributed by atoms with Gasteiger partial charge in [-0.1, -0.05) is 38.1 Å². The van der Waals surface area contributed by atoms with Crippen molar-refractivity contribution in [3.63, 3.8) is 0 Å². The zero-order valence-corrected chi connectivity index (χ0v) is 13.0. The van der Waals surface area contributed by atoms with Crippen molar-refractivity contribution in [3.05, 3.63) is 76.1 Å². The van der Waals surface area contributed by atoms with Crippen LogP contribution in [0.1, 0.15) is 35.9 Å². The molecule has 1 amide bonds. The van der Waals surface area contributed by atoms with E-state index in [0.717, 1.165) is 0 Å². The highest BCUT2D eigenvalue weighted by molar-refractivity contribution is 6.02. The second-order valence-electron chi connectivity index (χ2n) is 5.70. The first kappa shape index (κ1) is 15.0. The van der Waals surface area contributed by atoms with Gasteiger partial charge in [0, 0.05) is 11.8 Å². The standard InChI is InChI=1S/C19H17NO3/c1-12(2)13-7-9-14(10-8-13)20-19(22)18-11-16(21)15-5-3-4-6-17(15)23-18/h3-12H,1-2H3,(H,20,22). The zero-order valence-electron chi connectivity index (χ0n) is 13.0. The van der Waals surface area contributed by atoms with Gasteiger partial charge in [0.2, 0.25) is 0 Å². The third kappa shape index (κ3) is 3.16. The number of para-hydroxylation sites is 1. The van der Waals surface area contributed by atoms with Crippen LogP contribution in [0.5, 0.6) is 0 Å². The molecule has 0 radical (unpaired) electrons. The van der Waals surface area contributed by atoms with Crippen LogP contribution in [-0.2, 0) is 0 Å². The number of benzene rings is 2. The van der Waals surface area contributed by atoms with E-state index in [2.05, 4.69) is 19.2 Å². The summed E-state index contributed by atoms with van der Waals surface area (Å²) in [6.07, 6.45) is 0. The summed E-state index contributed by atoms with van der Waals surface area (Å²) in [5.74, 6) is -0.00922. The minimum Gasteiger partial charge on any atom is -0.451 e. The van der Waals surface area contributed by atoms with Crippen molar-refractivity contribution in [2.75, 3.05) is 5.32 Å². The molecular weight excluding hydrogens is 290 g/mol. The predicted molar refractivity (Wildman–Crippen MR) is 91.0 cm³/mol. The SMILES string of the molecule is CC(C)c1ccc(NC(=O)c2cc(=O)c3ccccc3o2)cc1. The molecule has 1 aromatic heterocycles. The second-order valence-corrected chi connectivity index (χ2v) is 5.70. The van der Waals surface area contributed by atoms with Gasteiger partial charge in [0.05, 0.1) is 5.39 Å². The molecule has 4 nitrogen and oxygen atoms in total. The summed E-state index contributed by atoms with van der Waals surface area (Å²) in [5, 5.41) is 3.21. The first-order chi connectivity index (χ1) is 11.0. The van der Waals surface area contributed by atoms with Crippen LogP contribution in [0.4, 0.5) is 5.69 Å². The van der Waals surface area contributed by atoms with Crippen LogP contribution >= 0.6 is 0 Å². The minimum absolute atomic E-state index is 0.00151. The molecular formula is C19H17NO3. The molecule has 0 aliphatic rings. The molecule has 0 unspecified atom stereocenters. The number of carbonyl (C=O) groups is 1. The molecule has 2 aromatic carbocycles. The molecule has 0 saturated carbocycles. The van der Waals surface area contributed by atoms with E-state index in [0.29, 0.717) is 22.6 Å². The van der Waals surface area contributed by atoms with E-state index in [4.69, 9.17) is 4.42 Å². The lowest BCUT2D eigenvalue weighted by Crippen LogP contribution is -2.15. The maximum atomic E-state index is 12.3. The van der Waals surface area contributed by atoms with Gasteiger partial charge in [-0.25, -0.2) is 0 Å².